The standard InChI is InChI=1S/C4H5ClF2N2O2S2/c1-2-8-9-3(5)13(2,4(6)7)12(10)11/h4,13H,1H3. The van der Waals surface area contributed by atoms with Crippen LogP contribution in [0, 0.1) is 0 Å². The molecular weight excluding hydrogens is 246 g/mol. The van der Waals surface area contributed by atoms with E-state index in [2.05, 4.69) is 10.2 Å². The highest BCUT2D eigenvalue weighted by Gasteiger charge is 2.38. The monoisotopic (exact) mass is 250 g/mol. The molecule has 0 bridgehead atoms. The van der Waals surface area contributed by atoms with Gasteiger partial charge in [0.2, 0.25) is 9.26 Å². The second-order valence-electron chi connectivity index (χ2n) is 2.17. The Balaban J connectivity index is 3.68. The molecular formula is C4H5ClF2N2O2S2. The van der Waals surface area contributed by atoms with E-state index in [0.29, 0.717) is 0 Å². The maximum absolute atomic E-state index is 12.6. The maximum atomic E-state index is 12.6. The zero-order chi connectivity index (χ0) is 10.2. The van der Waals surface area contributed by atoms with Gasteiger partial charge in [-0.05, 0) is 15.5 Å². The molecule has 0 aromatic carbocycles. The summed E-state index contributed by atoms with van der Waals surface area (Å²) in [6.07, 6.45) is 0. The van der Waals surface area contributed by atoms with Gasteiger partial charge in [0.25, 0.3) is 5.76 Å². The molecule has 0 atom stereocenters. The molecule has 13 heavy (non-hydrogen) atoms. The van der Waals surface area contributed by atoms with Crippen molar-refractivity contribution >= 4 is 39.0 Å². The van der Waals surface area contributed by atoms with Crippen LogP contribution in [0.4, 0.5) is 8.78 Å². The Morgan fingerprint density at radius 2 is 2.00 bits per heavy atom. The minimum Gasteiger partial charge on any atom is -0.199 e. The van der Waals surface area contributed by atoms with E-state index in [1.807, 2.05) is 0 Å². The van der Waals surface area contributed by atoms with Gasteiger partial charge in [-0.15, -0.1) is 10.2 Å². The number of thiol groups is 1. The topological polar surface area (TPSA) is 58.9 Å². The van der Waals surface area contributed by atoms with Crippen molar-refractivity contribution in [2.24, 2.45) is 10.2 Å². The first kappa shape index (κ1) is 10.7. The van der Waals surface area contributed by atoms with E-state index in [9.17, 15) is 17.2 Å². The summed E-state index contributed by atoms with van der Waals surface area (Å²) in [5.74, 6) is -3.06. The molecule has 0 radical (unpaired) electrons. The lowest BCUT2D eigenvalue weighted by atomic mass is 10.9. The van der Waals surface area contributed by atoms with Crippen LogP contribution in [-0.4, -0.2) is 23.7 Å². The van der Waals surface area contributed by atoms with Crippen LogP contribution < -0.4 is 0 Å². The molecule has 9 heteroatoms. The van der Waals surface area contributed by atoms with Gasteiger partial charge < -0.3 is 0 Å². The quantitative estimate of drug-likeness (QED) is 0.701. The predicted molar refractivity (Wildman–Crippen MR) is 50.1 cm³/mol. The minimum atomic E-state index is -3.82. The third-order valence-electron chi connectivity index (χ3n) is 1.54. The number of halogens is 3. The van der Waals surface area contributed by atoms with E-state index < -0.39 is 28.1 Å². The second-order valence-corrected chi connectivity index (χ2v) is 8.62. The molecule has 0 aromatic rings. The van der Waals surface area contributed by atoms with Crippen molar-refractivity contribution in [3.63, 3.8) is 0 Å². The van der Waals surface area contributed by atoms with Gasteiger partial charge in [-0.25, -0.2) is 0 Å². The smallest absolute Gasteiger partial charge is 0.199 e. The van der Waals surface area contributed by atoms with Crippen LogP contribution in [0.1, 0.15) is 6.92 Å². The van der Waals surface area contributed by atoms with Crippen molar-refractivity contribution in [1.29, 1.82) is 0 Å². The Kier molecular flexibility index (Phi) is 2.83. The first-order valence-corrected chi connectivity index (χ1v) is 6.91. The number of hydrogen-bond acceptors (Lipinski definition) is 4. The van der Waals surface area contributed by atoms with Crippen LogP contribution in [0.2, 0.25) is 0 Å². The van der Waals surface area contributed by atoms with Crippen LogP contribution in [0.3, 0.4) is 0 Å². The fraction of sp³-hybridized carbons (Fsp3) is 0.500. The molecule has 0 saturated carbocycles. The highest BCUT2D eigenvalue weighted by atomic mass is 35.5. The zero-order valence-electron chi connectivity index (χ0n) is 6.28. The summed E-state index contributed by atoms with van der Waals surface area (Å²) in [6.45, 7) is 1.19. The molecule has 0 amide bonds. The van der Waals surface area contributed by atoms with Crippen LogP contribution in [0.5, 0.6) is 0 Å². The van der Waals surface area contributed by atoms with Gasteiger partial charge in [0.05, 0.1) is 5.04 Å². The molecule has 1 aliphatic heterocycles. The van der Waals surface area contributed by atoms with E-state index in [1.165, 1.54) is 6.92 Å². The first-order chi connectivity index (χ1) is 5.94. The lowest BCUT2D eigenvalue weighted by Crippen LogP contribution is -2.31. The van der Waals surface area contributed by atoms with E-state index in [0.717, 1.165) is 0 Å². The average Bonchev–Trinajstić information content (AvgIpc) is 2.27. The van der Waals surface area contributed by atoms with Gasteiger partial charge in [0, 0.05) is 0 Å². The zero-order valence-corrected chi connectivity index (χ0v) is 8.74. The van der Waals surface area contributed by atoms with Gasteiger partial charge in [-0.2, -0.15) is 17.2 Å². The Morgan fingerprint density at radius 1 is 1.46 bits per heavy atom. The van der Waals surface area contributed by atoms with Crippen LogP contribution in [-0.2, 0) is 17.9 Å². The SMILES string of the molecule is CC1=NN=C(Cl)[SH]1(C(F)F)=S(=O)=O. The van der Waals surface area contributed by atoms with Crippen LogP contribution in [0.25, 0.3) is 0 Å². The molecule has 76 valence electrons. The lowest BCUT2D eigenvalue weighted by Gasteiger charge is -2.17. The van der Waals surface area contributed by atoms with Gasteiger partial charge in [-0.3, -0.25) is 0 Å². The fourth-order valence-corrected chi connectivity index (χ4v) is 5.13. The Morgan fingerprint density at radius 3 is 2.15 bits per heavy atom. The molecule has 0 spiro atoms. The predicted octanol–water partition coefficient (Wildman–Crippen LogP) is 0.831. The molecule has 0 aliphatic carbocycles. The Bertz CT molecular complexity index is 423. The summed E-state index contributed by atoms with van der Waals surface area (Å²) in [6, 6.07) is 0. The van der Waals surface area contributed by atoms with Crippen molar-refractivity contribution < 1.29 is 17.2 Å². The van der Waals surface area contributed by atoms with Gasteiger partial charge in [-0.1, -0.05) is 11.6 Å². The van der Waals surface area contributed by atoms with Gasteiger partial charge in [0.15, 0.2) is 4.50 Å². The Labute approximate surface area is 79.4 Å². The molecule has 0 unspecified atom stereocenters. The first-order valence-electron chi connectivity index (χ1n) is 2.99. The minimum absolute atomic E-state index is 0.208. The summed E-state index contributed by atoms with van der Waals surface area (Å²) in [7, 11) is -6.80. The second kappa shape index (κ2) is 3.43. The molecule has 1 rings (SSSR count). The molecule has 0 saturated heterocycles. The summed E-state index contributed by atoms with van der Waals surface area (Å²) < 4.78 is 45.9. The molecule has 0 N–H and O–H groups in total. The van der Waals surface area contributed by atoms with E-state index in [1.54, 1.807) is 0 Å². The molecule has 0 aromatic heterocycles. The summed E-state index contributed by atoms with van der Waals surface area (Å²) in [5.41, 5.74) is 0. The van der Waals surface area contributed by atoms with Crippen molar-refractivity contribution in [1.82, 2.24) is 0 Å². The molecule has 1 aliphatic rings. The number of nitrogens with zero attached hydrogens (tertiary/aromatic N) is 2. The summed E-state index contributed by atoms with van der Waals surface area (Å²) in [4.78, 5) is 0. The number of hydrogen-bond donors (Lipinski definition) is 1. The summed E-state index contributed by atoms with van der Waals surface area (Å²) in [5, 5.41) is 6.21. The number of alkyl halides is 2. The van der Waals surface area contributed by atoms with Crippen LogP contribution in [0.15, 0.2) is 10.2 Å². The van der Waals surface area contributed by atoms with Crippen molar-refractivity contribution in [2.45, 2.75) is 12.7 Å². The Hall–Kier alpha value is -0.340. The largest absolute Gasteiger partial charge is 0.285 e. The van der Waals surface area contributed by atoms with Crippen LogP contribution >= 0.6 is 11.6 Å². The highest BCUT2D eigenvalue weighted by molar-refractivity contribution is 8.61. The third kappa shape index (κ3) is 1.32. The molecule has 4 nitrogen and oxygen atoms in total. The third-order valence-corrected chi connectivity index (χ3v) is 8.63. The highest BCUT2D eigenvalue weighted by Crippen LogP contribution is 2.28. The van der Waals surface area contributed by atoms with Crippen molar-refractivity contribution in [3.05, 3.63) is 0 Å². The fourth-order valence-electron chi connectivity index (χ4n) is 0.836. The molecule has 1 heterocycles. The van der Waals surface area contributed by atoms with Gasteiger partial charge >= 0.3 is 0 Å². The average molecular weight is 251 g/mol. The van der Waals surface area contributed by atoms with Crippen molar-refractivity contribution in [2.75, 3.05) is 0 Å². The van der Waals surface area contributed by atoms with Crippen molar-refractivity contribution in [3.8, 4) is 0 Å². The normalized spacial score (nSPS) is 22.5. The molecule has 0 fully saturated rings. The number of rotatable bonds is 1. The lowest BCUT2D eigenvalue weighted by molar-refractivity contribution is 0.250. The van der Waals surface area contributed by atoms with E-state index in [-0.39, 0.29) is 5.04 Å². The van der Waals surface area contributed by atoms with E-state index in [4.69, 9.17) is 11.6 Å². The van der Waals surface area contributed by atoms with Gasteiger partial charge in [0.1, 0.15) is 0 Å². The maximum Gasteiger partial charge on any atom is 0.285 e. The van der Waals surface area contributed by atoms with E-state index >= 15 is 0 Å². The summed E-state index contributed by atoms with van der Waals surface area (Å²) >= 11 is 5.33.